The average molecular weight is 242 g/mol. The zero-order chi connectivity index (χ0) is 12.4. The van der Waals surface area contributed by atoms with Crippen molar-refractivity contribution in [3.63, 3.8) is 0 Å². The maximum absolute atomic E-state index is 12.1. The molecule has 2 saturated heterocycles. The van der Waals surface area contributed by atoms with E-state index >= 15 is 0 Å². The van der Waals surface area contributed by atoms with Gasteiger partial charge in [0.25, 0.3) is 0 Å². The summed E-state index contributed by atoms with van der Waals surface area (Å²) in [6.07, 6.45) is 0.757. The van der Waals surface area contributed by atoms with Crippen molar-refractivity contribution >= 4 is 5.91 Å². The first-order chi connectivity index (χ1) is 8.04. The number of carbonyl (C=O) groups excluding carboxylic acids is 1. The Morgan fingerprint density at radius 2 is 1.94 bits per heavy atom. The molecule has 98 valence electrons. The third-order valence-electron chi connectivity index (χ3n) is 3.38. The minimum atomic E-state index is -0.259. The van der Waals surface area contributed by atoms with E-state index in [4.69, 9.17) is 4.74 Å². The molecule has 1 N–H and O–H groups in total. The van der Waals surface area contributed by atoms with E-state index in [0.717, 1.165) is 13.0 Å². The molecule has 3 atom stereocenters. The topological polar surface area (TPSA) is 53.0 Å². The van der Waals surface area contributed by atoms with E-state index in [9.17, 15) is 9.90 Å². The van der Waals surface area contributed by atoms with Crippen LogP contribution in [0.1, 0.15) is 20.3 Å². The number of hydrogen-bond donors (Lipinski definition) is 1. The van der Waals surface area contributed by atoms with Gasteiger partial charge in [0.05, 0.1) is 24.9 Å². The molecule has 0 aromatic heterocycles. The lowest BCUT2D eigenvalue weighted by molar-refractivity contribution is -0.144. The second kappa shape index (κ2) is 5.33. The summed E-state index contributed by atoms with van der Waals surface area (Å²) >= 11 is 0. The standard InChI is InChI=1S/C12H22N2O3/c1-9-5-14(6-10(2)17-9)12(16)8-13-4-3-11(15)7-13/h9-11,15H,3-8H2,1-2H3/t9?,10?,11-/m1/s1. The fourth-order valence-corrected chi connectivity index (χ4v) is 2.63. The van der Waals surface area contributed by atoms with Gasteiger partial charge in [0.15, 0.2) is 0 Å². The minimum Gasteiger partial charge on any atom is -0.392 e. The first kappa shape index (κ1) is 12.8. The third kappa shape index (κ3) is 3.40. The van der Waals surface area contributed by atoms with Crippen LogP contribution >= 0.6 is 0 Å². The first-order valence-electron chi connectivity index (χ1n) is 6.38. The molecule has 5 nitrogen and oxygen atoms in total. The van der Waals surface area contributed by atoms with Crippen LogP contribution in [0.25, 0.3) is 0 Å². The Labute approximate surface area is 102 Å². The molecule has 5 heteroatoms. The van der Waals surface area contributed by atoms with Crippen LogP contribution in [0.15, 0.2) is 0 Å². The number of nitrogens with zero attached hydrogens (tertiary/aromatic N) is 2. The fraction of sp³-hybridized carbons (Fsp3) is 0.917. The highest BCUT2D eigenvalue weighted by Crippen LogP contribution is 2.13. The van der Waals surface area contributed by atoms with E-state index in [0.29, 0.717) is 26.2 Å². The zero-order valence-electron chi connectivity index (χ0n) is 10.6. The summed E-state index contributed by atoms with van der Waals surface area (Å²) in [6.45, 7) is 7.23. The molecule has 2 heterocycles. The van der Waals surface area contributed by atoms with Crippen molar-refractivity contribution in [3.8, 4) is 0 Å². The van der Waals surface area contributed by atoms with Gasteiger partial charge in [0.2, 0.25) is 5.91 Å². The highest BCUT2D eigenvalue weighted by atomic mass is 16.5. The smallest absolute Gasteiger partial charge is 0.236 e. The van der Waals surface area contributed by atoms with Crippen LogP contribution in [0.5, 0.6) is 0 Å². The Hall–Kier alpha value is -0.650. The average Bonchev–Trinajstić information content (AvgIpc) is 2.62. The highest BCUT2D eigenvalue weighted by molar-refractivity contribution is 5.78. The molecule has 0 aromatic rings. The first-order valence-corrected chi connectivity index (χ1v) is 6.38. The van der Waals surface area contributed by atoms with E-state index in [2.05, 4.69) is 0 Å². The normalized spacial score (nSPS) is 35.2. The van der Waals surface area contributed by atoms with Gasteiger partial charge in [-0.15, -0.1) is 0 Å². The lowest BCUT2D eigenvalue weighted by atomic mass is 10.2. The number of carbonyl (C=O) groups is 1. The van der Waals surface area contributed by atoms with Gasteiger partial charge in [-0.2, -0.15) is 0 Å². The van der Waals surface area contributed by atoms with Crippen LogP contribution in [0.4, 0.5) is 0 Å². The Kier molecular flexibility index (Phi) is 4.01. The van der Waals surface area contributed by atoms with Crippen molar-refractivity contribution in [1.29, 1.82) is 0 Å². The molecule has 17 heavy (non-hydrogen) atoms. The number of hydrogen-bond acceptors (Lipinski definition) is 4. The predicted octanol–water partition coefficient (Wildman–Crippen LogP) is -0.311. The Morgan fingerprint density at radius 1 is 1.29 bits per heavy atom. The van der Waals surface area contributed by atoms with Crippen molar-refractivity contribution in [2.75, 3.05) is 32.7 Å². The molecule has 0 spiro atoms. The van der Waals surface area contributed by atoms with E-state index in [1.807, 2.05) is 23.6 Å². The monoisotopic (exact) mass is 242 g/mol. The van der Waals surface area contributed by atoms with Crippen molar-refractivity contribution in [2.45, 2.75) is 38.6 Å². The Morgan fingerprint density at radius 3 is 2.47 bits per heavy atom. The number of aliphatic hydroxyl groups is 1. The van der Waals surface area contributed by atoms with Gasteiger partial charge in [-0.1, -0.05) is 0 Å². The van der Waals surface area contributed by atoms with Gasteiger partial charge >= 0.3 is 0 Å². The summed E-state index contributed by atoms with van der Waals surface area (Å²) in [6, 6.07) is 0. The summed E-state index contributed by atoms with van der Waals surface area (Å²) in [7, 11) is 0. The van der Waals surface area contributed by atoms with E-state index in [1.54, 1.807) is 0 Å². The maximum Gasteiger partial charge on any atom is 0.236 e. The van der Waals surface area contributed by atoms with E-state index in [1.165, 1.54) is 0 Å². The third-order valence-corrected chi connectivity index (χ3v) is 3.38. The summed E-state index contributed by atoms with van der Waals surface area (Å²) in [5, 5.41) is 9.42. The summed E-state index contributed by atoms with van der Waals surface area (Å²) in [4.78, 5) is 16.0. The van der Waals surface area contributed by atoms with E-state index in [-0.39, 0.29) is 24.2 Å². The minimum absolute atomic E-state index is 0.117. The van der Waals surface area contributed by atoms with Gasteiger partial charge in [-0.3, -0.25) is 9.69 Å². The summed E-state index contributed by atoms with van der Waals surface area (Å²) < 4.78 is 5.61. The number of likely N-dealkylation sites (tertiary alicyclic amines) is 1. The number of morpholine rings is 1. The van der Waals surface area contributed by atoms with Gasteiger partial charge in [-0.05, 0) is 20.3 Å². The van der Waals surface area contributed by atoms with Crippen LogP contribution in [0, 0.1) is 0 Å². The SMILES string of the molecule is CC1CN(C(=O)CN2CC[C@@H](O)C2)CC(C)O1. The molecular weight excluding hydrogens is 220 g/mol. The molecule has 1 amide bonds. The molecule has 2 fully saturated rings. The van der Waals surface area contributed by atoms with Crippen LogP contribution in [-0.2, 0) is 9.53 Å². The van der Waals surface area contributed by atoms with Crippen LogP contribution in [-0.4, -0.2) is 71.8 Å². The van der Waals surface area contributed by atoms with Gasteiger partial charge in [-0.25, -0.2) is 0 Å². The van der Waals surface area contributed by atoms with Gasteiger partial charge in [0.1, 0.15) is 0 Å². The Balaban J connectivity index is 1.82. The maximum atomic E-state index is 12.1. The number of β-amino-alcohol motifs (C(OH)–C–C–N with tert-alkyl or cyclic N) is 1. The van der Waals surface area contributed by atoms with E-state index < -0.39 is 0 Å². The highest BCUT2D eigenvalue weighted by Gasteiger charge is 2.28. The van der Waals surface area contributed by atoms with Gasteiger partial charge < -0.3 is 14.7 Å². The molecule has 0 aromatic carbocycles. The number of amides is 1. The molecule has 2 aliphatic heterocycles. The zero-order valence-corrected chi connectivity index (χ0v) is 10.6. The lowest BCUT2D eigenvalue weighted by Gasteiger charge is -2.36. The molecule has 0 radical (unpaired) electrons. The second-order valence-electron chi connectivity index (χ2n) is 5.23. The van der Waals surface area contributed by atoms with Crippen LogP contribution in [0.3, 0.4) is 0 Å². The van der Waals surface area contributed by atoms with Crippen LogP contribution in [0.2, 0.25) is 0 Å². The Bertz CT molecular complexity index is 275. The number of aliphatic hydroxyl groups excluding tert-OH is 1. The fourth-order valence-electron chi connectivity index (χ4n) is 2.63. The van der Waals surface area contributed by atoms with Crippen LogP contribution < -0.4 is 0 Å². The van der Waals surface area contributed by atoms with Crippen molar-refractivity contribution in [2.24, 2.45) is 0 Å². The van der Waals surface area contributed by atoms with Gasteiger partial charge in [0, 0.05) is 26.2 Å². The lowest BCUT2D eigenvalue weighted by Crippen LogP contribution is -2.50. The molecule has 0 saturated carbocycles. The molecular formula is C12H22N2O3. The largest absolute Gasteiger partial charge is 0.392 e. The summed E-state index contributed by atoms with van der Waals surface area (Å²) in [5.74, 6) is 0.154. The number of ether oxygens (including phenoxy) is 1. The molecule has 0 aliphatic carbocycles. The van der Waals surface area contributed by atoms with Crippen molar-refractivity contribution in [1.82, 2.24) is 9.80 Å². The quantitative estimate of drug-likeness (QED) is 0.721. The van der Waals surface area contributed by atoms with Crippen molar-refractivity contribution < 1.29 is 14.6 Å². The number of rotatable bonds is 2. The second-order valence-corrected chi connectivity index (χ2v) is 5.23. The molecule has 0 bridgehead atoms. The van der Waals surface area contributed by atoms with Crippen molar-refractivity contribution in [3.05, 3.63) is 0 Å². The predicted molar refractivity (Wildman–Crippen MR) is 63.7 cm³/mol. The molecule has 2 rings (SSSR count). The molecule has 2 unspecified atom stereocenters. The summed E-state index contributed by atoms with van der Waals surface area (Å²) in [5.41, 5.74) is 0. The molecule has 2 aliphatic rings.